The minimum absolute atomic E-state index is 0.207. The molecular formula is C24H37N3O4. The fourth-order valence-electron chi connectivity index (χ4n) is 4.11. The van der Waals surface area contributed by atoms with Gasteiger partial charge in [-0.3, -0.25) is 0 Å². The zero-order valence-corrected chi connectivity index (χ0v) is 19.1. The van der Waals surface area contributed by atoms with Crippen molar-refractivity contribution in [3.05, 3.63) is 35.9 Å². The number of nitrogens with one attached hydrogen (secondary N) is 1. The maximum atomic E-state index is 12.3. The summed E-state index contributed by atoms with van der Waals surface area (Å²) in [4.78, 5) is 28.1. The monoisotopic (exact) mass is 431 g/mol. The molecule has 2 amide bonds. The molecule has 0 aromatic heterocycles. The second-order valence-corrected chi connectivity index (χ2v) is 9.71. The van der Waals surface area contributed by atoms with E-state index in [0.29, 0.717) is 18.4 Å². The fraction of sp³-hybridized carbons (Fsp3) is 0.667. The Morgan fingerprint density at radius 1 is 0.935 bits per heavy atom. The van der Waals surface area contributed by atoms with Crippen LogP contribution in [0, 0.1) is 11.8 Å². The van der Waals surface area contributed by atoms with Crippen molar-refractivity contribution in [1.82, 2.24) is 15.1 Å². The first-order chi connectivity index (χ1) is 14.8. The van der Waals surface area contributed by atoms with Crippen LogP contribution >= 0.6 is 0 Å². The Bertz CT molecular complexity index is 711. The lowest BCUT2D eigenvalue weighted by Crippen LogP contribution is -2.41. The Labute approximate surface area is 186 Å². The van der Waals surface area contributed by atoms with Gasteiger partial charge in [0.2, 0.25) is 0 Å². The van der Waals surface area contributed by atoms with E-state index in [0.717, 1.165) is 64.1 Å². The Balaban J connectivity index is 1.28. The van der Waals surface area contributed by atoms with E-state index in [2.05, 4.69) is 5.32 Å². The number of carbonyl (C=O) groups is 2. The van der Waals surface area contributed by atoms with E-state index in [-0.39, 0.29) is 12.2 Å². The molecule has 0 saturated carbocycles. The molecule has 0 aliphatic carbocycles. The summed E-state index contributed by atoms with van der Waals surface area (Å²) in [6, 6.07) is 9.77. The second kappa shape index (κ2) is 10.8. The molecule has 2 aliphatic heterocycles. The number of hydrogen-bond donors (Lipinski definition) is 1. The van der Waals surface area contributed by atoms with Gasteiger partial charge in [-0.25, -0.2) is 9.59 Å². The number of hydrogen-bond acceptors (Lipinski definition) is 5. The van der Waals surface area contributed by atoms with Crippen LogP contribution in [-0.2, 0) is 16.1 Å². The number of likely N-dealkylation sites (tertiary alicyclic amines) is 2. The summed E-state index contributed by atoms with van der Waals surface area (Å²) in [7, 11) is 0. The lowest BCUT2D eigenvalue weighted by molar-refractivity contribution is 0.0288. The molecule has 2 heterocycles. The maximum Gasteiger partial charge on any atom is 0.410 e. The van der Waals surface area contributed by atoms with Gasteiger partial charge in [0, 0.05) is 26.2 Å². The zero-order valence-electron chi connectivity index (χ0n) is 19.1. The molecule has 1 aromatic rings. The van der Waals surface area contributed by atoms with Crippen LogP contribution < -0.4 is 5.32 Å². The quantitative estimate of drug-likeness (QED) is 0.740. The van der Waals surface area contributed by atoms with Crippen molar-refractivity contribution in [2.45, 2.75) is 52.2 Å². The maximum absolute atomic E-state index is 12.3. The minimum Gasteiger partial charge on any atom is -0.445 e. The van der Waals surface area contributed by atoms with Crippen LogP contribution in [0.5, 0.6) is 0 Å². The van der Waals surface area contributed by atoms with Crippen LogP contribution in [0.1, 0.15) is 45.6 Å². The van der Waals surface area contributed by atoms with Crippen LogP contribution in [-0.4, -0.2) is 66.9 Å². The number of carbonyl (C=O) groups excluding carboxylic acids is 2. The Kier molecular flexibility index (Phi) is 8.18. The highest BCUT2D eigenvalue weighted by molar-refractivity contribution is 5.68. The Hall–Kier alpha value is -2.28. The van der Waals surface area contributed by atoms with Gasteiger partial charge in [-0.2, -0.15) is 0 Å². The molecule has 1 aromatic carbocycles. The number of benzene rings is 1. The van der Waals surface area contributed by atoms with Gasteiger partial charge < -0.3 is 24.6 Å². The number of rotatable bonds is 6. The highest BCUT2D eigenvalue weighted by atomic mass is 16.6. The molecule has 3 rings (SSSR count). The highest BCUT2D eigenvalue weighted by Gasteiger charge is 2.30. The Morgan fingerprint density at radius 2 is 1.55 bits per heavy atom. The van der Waals surface area contributed by atoms with Gasteiger partial charge in [-0.1, -0.05) is 30.3 Å². The van der Waals surface area contributed by atoms with E-state index >= 15 is 0 Å². The average molecular weight is 432 g/mol. The van der Waals surface area contributed by atoms with E-state index < -0.39 is 5.60 Å². The van der Waals surface area contributed by atoms with Crippen LogP contribution in [0.15, 0.2) is 30.3 Å². The standard InChI is InChI=1S/C24H37N3O4/c1-24(2,3)31-23(29)27-14-11-21(17-27)16-25-15-19-9-12-26(13-10-19)22(28)30-18-20-7-5-4-6-8-20/h4-8,19,21,25H,9-18H2,1-3H3. The molecule has 1 atom stereocenters. The first kappa shape index (κ1) is 23.4. The molecule has 1 unspecified atom stereocenters. The average Bonchev–Trinajstić information content (AvgIpc) is 3.21. The van der Waals surface area contributed by atoms with Crippen LogP contribution in [0.2, 0.25) is 0 Å². The smallest absolute Gasteiger partial charge is 0.410 e. The van der Waals surface area contributed by atoms with Gasteiger partial charge in [-0.05, 0) is 70.5 Å². The summed E-state index contributed by atoms with van der Waals surface area (Å²) < 4.78 is 10.9. The van der Waals surface area contributed by atoms with Gasteiger partial charge >= 0.3 is 12.2 Å². The molecule has 2 fully saturated rings. The first-order valence-corrected chi connectivity index (χ1v) is 11.4. The third kappa shape index (κ3) is 7.73. The molecule has 0 radical (unpaired) electrons. The minimum atomic E-state index is -0.448. The molecule has 0 bridgehead atoms. The van der Waals surface area contributed by atoms with Crippen molar-refractivity contribution in [3.63, 3.8) is 0 Å². The molecule has 2 saturated heterocycles. The molecule has 7 heteroatoms. The highest BCUT2D eigenvalue weighted by Crippen LogP contribution is 2.20. The van der Waals surface area contributed by atoms with Crippen molar-refractivity contribution >= 4 is 12.2 Å². The number of amides is 2. The van der Waals surface area contributed by atoms with Crippen molar-refractivity contribution in [2.75, 3.05) is 39.3 Å². The van der Waals surface area contributed by atoms with E-state index in [1.807, 2.05) is 60.9 Å². The molecule has 31 heavy (non-hydrogen) atoms. The third-order valence-corrected chi connectivity index (χ3v) is 5.88. The summed E-state index contributed by atoms with van der Waals surface area (Å²) in [6.45, 7) is 10.9. The number of ether oxygens (including phenoxy) is 2. The van der Waals surface area contributed by atoms with Crippen LogP contribution in [0.3, 0.4) is 0 Å². The zero-order chi connectivity index (χ0) is 22.3. The van der Waals surface area contributed by atoms with E-state index in [1.54, 1.807) is 0 Å². The van der Waals surface area contributed by atoms with Gasteiger partial charge in [-0.15, -0.1) is 0 Å². The SMILES string of the molecule is CC(C)(C)OC(=O)N1CCC(CNCC2CCN(C(=O)OCc3ccccc3)CC2)C1. The molecule has 2 aliphatic rings. The predicted octanol–water partition coefficient (Wildman–Crippen LogP) is 3.88. The van der Waals surface area contributed by atoms with Gasteiger partial charge in [0.1, 0.15) is 12.2 Å². The van der Waals surface area contributed by atoms with Crippen molar-refractivity contribution in [1.29, 1.82) is 0 Å². The van der Waals surface area contributed by atoms with Crippen molar-refractivity contribution in [2.24, 2.45) is 11.8 Å². The summed E-state index contributed by atoms with van der Waals surface area (Å²) in [6.07, 6.45) is 2.56. The second-order valence-electron chi connectivity index (χ2n) is 9.71. The number of piperidine rings is 1. The summed E-state index contributed by atoms with van der Waals surface area (Å²) in [5.41, 5.74) is 0.558. The van der Waals surface area contributed by atoms with E-state index in [4.69, 9.17) is 9.47 Å². The molecule has 7 nitrogen and oxygen atoms in total. The lowest BCUT2D eigenvalue weighted by atomic mass is 9.97. The van der Waals surface area contributed by atoms with E-state index in [1.165, 1.54) is 0 Å². The normalized spacial score (nSPS) is 20.0. The van der Waals surface area contributed by atoms with Gasteiger partial charge in [0.05, 0.1) is 0 Å². The molecule has 172 valence electrons. The van der Waals surface area contributed by atoms with E-state index in [9.17, 15) is 9.59 Å². The lowest BCUT2D eigenvalue weighted by Gasteiger charge is -2.31. The third-order valence-electron chi connectivity index (χ3n) is 5.88. The molecular weight excluding hydrogens is 394 g/mol. The molecule has 0 spiro atoms. The van der Waals surface area contributed by atoms with Gasteiger partial charge in [0.15, 0.2) is 0 Å². The first-order valence-electron chi connectivity index (χ1n) is 11.4. The van der Waals surface area contributed by atoms with Crippen LogP contribution in [0.25, 0.3) is 0 Å². The topological polar surface area (TPSA) is 71.1 Å². The predicted molar refractivity (Wildman–Crippen MR) is 120 cm³/mol. The van der Waals surface area contributed by atoms with Crippen LogP contribution in [0.4, 0.5) is 9.59 Å². The number of nitrogens with zero attached hydrogens (tertiary/aromatic N) is 2. The Morgan fingerprint density at radius 3 is 2.23 bits per heavy atom. The summed E-state index contributed by atoms with van der Waals surface area (Å²) in [5, 5.41) is 3.58. The van der Waals surface area contributed by atoms with Gasteiger partial charge in [0.25, 0.3) is 0 Å². The summed E-state index contributed by atoms with van der Waals surface area (Å²) >= 11 is 0. The summed E-state index contributed by atoms with van der Waals surface area (Å²) in [5.74, 6) is 1.04. The van der Waals surface area contributed by atoms with Crippen molar-refractivity contribution in [3.8, 4) is 0 Å². The molecule has 1 N–H and O–H groups in total. The fourth-order valence-corrected chi connectivity index (χ4v) is 4.11. The largest absolute Gasteiger partial charge is 0.445 e. The van der Waals surface area contributed by atoms with Crippen molar-refractivity contribution < 1.29 is 19.1 Å².